The van der Waals surface area contributed by atoms with E-state index in [1.54, 1.807) is 24.3 Å². The Bertz CT molecular complexity index is 805. The molecule has 2 aromatic carbocycles. The van der Waals surface area contributed by atoms with Gasteiger partial charge in [-0.05, 0) is 42.8 Å². The predicted molar refractivity (Wildman–Crippen MR) is 92.3 cm³/mol. The van der Waals surface area contributed by atoms with Gasteiger partial charge in [-0.2, -0.15) is 0 Å². The topological polar surface area (TPSA) is 58.6 Å². The smallest absolute Gasteiger partial charge is 0.246 e. The molecule has 2 aromatic rings. The minimum atomic E-state index is -3.63. The van der Waals surface area contributed by atoms with Gasteiger partial charge in [-0.1, -0.05) is 12.1 Å². The Labute approximate surface area is 142 Å². The van der Waals surface area contributed by atoms with E-state index in [-0.39, 0.29) is 22.5 Å². The summed E-state index contributed by atoms with van der Waals surface area (Å²) in [5.74, 6) is -0.0153. The van der Waals surface area contributed by atoms with Gasteiger partial charge in [0.15, 0.2) is 0 Å². The standard InChI is InChI=1S/C17H21FN2O3S/c1-12(13-5-7-14(18)8-6-13)19-15-9-10-16(23-4)17(11-15)24(21,22)20(2)3/h5-12,19H,1-4H3. The lowest BCUT2D eigenvalue weighted by Gasteiger charge is -2.19. The van der Waals surface area contributed by atoms with E-state index in [0.717, 1.165) is 9.87 Å². The van der Waals surface area contributed by atoms with Crippen molar-refractivity contribution in [1.29, 1.82) is 0 Å². The molecule has 5 nitrogen and oxygen atoms in total. The Hall–Kier alpha value is -2.12. The van der Waals surface area contributed by atoms with Crippen molar-refractivity contribution < 1.29 is 17.5 Å². The molecule has 0 fully saturated rings. The SMILES string of the molecule is COc1ccc(NC(C)c2ccc(F)cc2)cc1S(=O)(=O)N(C)C. The average molecular weight is 352 g/mol. The van der Waals surface area contributed by atoms with Crippen molar-refractivity contribution in [3.05, 3.63) is 53.8 Å². The molecule has 0 aromatic heterocycles. The van der Waals surface area contributed by atoms with Gasteiger partial charge < -0.3 is 10.1 Å². The van der Waals surface area contributed by atoms with E-state index in [1.165, 1.54) is 39.4 Å². The second kappa shape index (κ2) is 7.19. The molecule has 0 saturated heterocycles. The molecule has 1 atom stereocenters. The van der Waals surface area contributed by atoms with Gasteiger partial charge in [0.1, 0.15) is 16.5 Å². The summed E-state index contributed by atoms with van der Waals surface area (Å²) in [4.78, 5) is 0.0892. The van der Waals surface area contributed by atoms with Gasteiger partial charge >= 0.3 is 0 Å². The number of anilines is 1. The maximum atomic E-state index is 13.0. The minimum Gasteiger partial charge on any atom is -0.495 e. The maximum absolute atomic E-state index is 13.0. The number of benzene rings is 2. The molecular formula is C17H21FN2O3S. The number of hydrogen-bond donors (Lipinski definition) is 1. The first kappa shape index (κ1) is 18.2. The Morgan fingerprint density at radius 3 is 2.29 bits per heavy atom. The fourth-order valence-corrected chi connectivity index (χ4v) is 3.32. The van der Waals surface area contributed by atoms with Crippen molar-refractivity contribution in [3.63, 3.8) is 0 Å². The van der Waals surface area contributed by atoms with Crippen LogP contribution >= 0.6 is 0 Å². The molecule has 0 spiro atoms. The fraction of sp³-hybridized carbons (Fsp3) is 0.294. The van der Waals surface area contributed by atoms with Gasteiger partial charge in [-0.15, -0.1) is 0 Å². The lowest BCUT2D eigenvalue weighted by atomic mass is 10.1. The highest BCUT2D eigenvalue weighted by molar-refractivity contribution is 7.89. The van der Waals surface area contributed by atoms with Crippen LogP contribution in [-0.4, -0.2) is 33.9 Å². The number of nitrogens with one attached hydrogen (secondary N) is 1. The van der Waals surface area contributed by atoms with Gasteiger partial charge in [0, 0.05) is 25.8 Å². The second-order valence-corrected chi connectivity index (χ2v) is 7.69. The molecular weight excluding hydrogens is 331 g/mol. The average Bonchev–Trinajstić information content (AvgIpc) is 2.55. The van der Waals surface area contributed by atoms with E-state index in [0.29, 0.717) is 5.69 Å². The number of sulfonamides is 1. The van der Waals surface area contributed by atoms with Crippen LogP contribution in [0.4, 0.5) is 10.1 Å². The Morgan fingerprint density at radius 1 is 1.12 bits per heavy atom. The van der Waals surface area contributed by atoms with E-state index < -0.39 is 10.0 Å². The van der Waals surface area contributed by atoms with E-state index in [1.807, 2.05) is 6.92 Å². The van der Waals surface area contributed by atoms with Crippen LogP contribution in [-0.2, 0) is 10.0 Å². The third kappa shape index (κ3) is 3.85. The normalized spacial score (nSPS) is 12.9. The summed E-state index contributed by atoms with van der Waals surface area (Å²) in [5.41, 5.74) is 1.53. The van der Waals surface area contributed by atoms with Crippen molar-refractivity contribution >= 4 is 15.7 Å². The first-order chi connectivity index (χ1) is 11.3. The third-order valence-corrected chi connectivity index (χ3v) is 5.51. The van der Waals surface area contributed by atoms with Crippen LogP contribution < -0.4 is 10.1 Å². The summed E-state index contributed by atoms with van der Waals surface area (Å²) in [6, 6.07) is 10.9. The molecule has 2 rings (SSSR count). The van der Waals surface area contributed by atoms with E-state index >= 15 is 0 Å². The summed E-state index contributed by atoms with van der Waals surface area (Å²) < 4.78 is 44.2. The summed E-state index contributed by atoms with van der Waals surface area (Å²) in [6.07, 6.45) is 0. The van der Waals surface area contributed by atoms with Crippen LogP contribution in [0.1, 0.15) is 18.5 Å². The van der Waals surface area contributed by atoms with Gasteiger partial charge in [-0.25, -0.2) is 17.1 Å². The van der Waals surface area contributed by atoms with E-state index in [2.05, 4.69) is 5.32 Å². The van der Waals surface area contributed by atoms with E-state index in [4.69, 9.17) is 4.74 Å². The summed E-state index contributed by atoms with van der Waals surface area (Å²) >= 11 is 0. The number of hydrogen-bond acceptors (Lipinski definition) is 4. The van der Waals surface area contributed by atoms with Crippen LogP contribution in [0.2, 0.25) is 0 Å². The summed E-state index contributed by atoms with van der Waals surface area (Å²) in [5, 5.41) is 3.22. The fourth-order valence-electron chi connectivity index (χ4n) is 2.25. The summed E-state index contributed by atoms with van der Waals surface area (Å²) in [6.45, 7) is 1.91. The lowest BCUT2D eigenvalue weighted by Crippen LogP contribution is -2.23. The molecule has 0 heterocycles. The molecule has 0 aliphatic carbocycles. The van der Waals surface area contributed by atoms with E-state index in [9.17, 15) is 12.8 Å². The highest BCUT2D eigenvalue weighted by atomic mass is 32.2. The van der Waals surface area contributed by atoms with Gasteiger partial charge in [0.2, 0.25) is 10.0 Å². The molecule has 1 N–H and O–H groups in total. The number of rotatable bonds is 6. The van der Waals surface area contributed by atoms with Crippen LogP contribution in [0, 0.1) is 5.82 Å². The maximum Gasteiger partial charge on any atom is 0.246 e. The van der Waals surface area contributed by atoms with Gasteiger partial charge in [-0.3, -0.25) is 0 Å². The number of nitrogens with zero attached hydrogens (tertiary/aromatic N) is 1. The Morgan fingerprint density at radius 2 is 1.75 bits per heavy atom. The van der Waals surface area contributed by atoms with Crippen molar-refractivity contribution in [1.82, 2.24) is 4.31 Å². The largest absolute Gasteiger partial charge is 0.495 e. The first-order valence-electron chi connectivity index (χ1n) is 7.38. The van der Waals surface area contributed by atoms with Crippen LogP contribution in [0.25, 0.3) is 0 Å². The molecule has 0 amide bonds. The molecule has 0 aliphatic heterocycles. The molecule has 0 bridgehead atoms. The van der Waals surface area contributed by atoms with Gasteiger partial charge in [0.25, 0.3) is 0 Å². The zero-order chi connectivity index (χ0) is 17.9. The molecule has 0 saturated carbocycles. The van der Waals surface area contributed by atoms with Crippen LogP contribution in [0.3, 0.4) is 0 Å². The van der Waals surface area contributed by atoms with Crippen molar-refractivity contribution in [2.45, 2.75) is 17.9 Å². The molecule has 130 valence electrons. The van der Waals surface area contributed by atoms with Crippen molar-refractivity contribution in [2.75, 3.05) is 26.5 Å². The van der Waals surface area contributed by atoms with Crippen LogP contribution in [0.15, 0.2) is 47.4 Å². The van der Waals surface area contributed by atoms with Crippen LogP contribution in [0.5, 0.6) is 5.75 Å². The number of methoxy groups -OCH3 is 1. The Balaban J connectivity index is 2.33. The number of halogens is 1. The lowest BCUT2D eigenvalue weighted by molar-refractivity contribution is 0.400. The second-order valence-electron chi connectivity index (χ2n) is 5.57. The zero-order valence-electron chi connectivity index (χ0n) is 14.1. The van der Waals surface area contributed by atoms with Gasteiger partial charge in [0.05, 0.1) is 7.11 Å². The molecule has 1 unspecified atom stereocenters. The van der Waals surface area contributed by atoms with Crippen molar-refractivity contribution in [2.24, 2.45) is 0 Å². The summed E-state index contributed by atoms with van der Waals surface area (Å²) in [7, 11) is 0.736. The highest BCUT2D eigenvalue weighted by Crippen LogP contribution is 2.30. The predicted octanol–water partition coefficient (Wildman–Crippen LogP) is 3.26. The molecule has 0 aliphatic rings. The first-order valence-corrected chi connectivity index (χ1v) is 8.82. The van der Waals surface area contributed by atoms with Crippen molar-refractivity contribution in [3.8, 4) is 5.75 Å². The highest BCUT2D eigenvalue weighted by Gasteiger charge is 2.23. The molecule has 0 radical (unpaired) electrons. The minimum absolute atomic E-state index is 0.0892. The number of ether oxygens (including phenoxy) is 1. The monoisotopic (exact) mass is 352 g/mol. The molecule has 24 heavy (non-hydrogen) atoms. The zero-order valence-corrected chi connectivity index (χ0v) is 14.9. The third-order valence-electron chi connectivity index (χ3n) is 3.68. The Kier molecular flexibility index (Phi) is 5.46. The quantitative estimate of drug-likeness (QED) is 0.867. The molecule has 7 heteroatoms.